The van der Waals surface area contributed by atoms with Crippen molar-refractivity contribution in [1.82, 2.24) is 23.1 Å². The predicted octanol–water partition coefficient (Wildman–Crippen LogP) is 3.01. The van der Waals surface area contributed by atoms with E-state index < -0.39 is 0 Å². The molecule has 3 heterocycles. The van der Waals surface area contributed by atoms with Gasteiger partial charge in [0.15, 0.2) is 11.2 Å². The van der Waals surface area contributed by atoms with Crippen molar-refractivity contribution >= 4 is 16.9 Å². The van der Waals surface area contributed by atoms with Gasteiger partial charge in [-0.1, -0.05) is 42.5 Å². The smallest absolute Gasteiger partial charge is 0.332 e. The number of rotatable bonds is 5. The van der Waals surface area contributed by atoms with Crippen LogP contribution >= 0.6 is 0 Å². The molecule has 0 aliphatic rings. The highest BCUT2D eigenvalue weighted by Gasteiger charge is 2.24. The number of para-hydroxylation sites is 2. The van der Waals surface area contributed by atoms with Gasteiger partial charge in [-0.25, -0.2) is 4.79 Å². The summed E-state index contributed by atoms with van der Waals surface area (Å²) in [5.41, 5.74) is 3.76. The van der Waals surface area contributed by atoms with Crippen molar-refractivity contribution in [2.75, 3.05) is 7.11 Å². The van der Waals surface area contributed by atoms with Crippen molar-refractivity contribution in [3.8, 4) is 11.4 Å². The Hall–Kier alpha value is -4.07. The van der Waals surface area contributed by atoms with Crippen LogP contribution in [-0.4, -0.2) is 30.2 Å². The van der Waals surface area contributed by atoms with Crippen molar-refractivity contribution in [3.63, 3.8) is 0 Å². The molecule has 0 saturated heterocycles. The molecule has 0 saturated carbocycles. The third-order valence-electron chi connectivity index (χ3n) is 6.31. The zero-order valence-electron chi connectivity index (χ0n) is 19.1. The summed E-state index contributed by atoms with van der Waals surface area (Å²) in [6.07, 6.45) is 0.587. The van der Waals surface area contributed by atoms with E-state index in [-0.39, 0.29) is 11.2 Å². The first-order chi connectivity index (χ1) is 15.9. The van der Waals surface area contributed by atoms with Gasteiger partial charge in [-0.3, -0.25) is 22.9 Å². The van der Waals surface area contributed by atoms with Gasteiger partial charge in [0, 0.05) is 25.0 Å². The van der Waals surface area contributed by atoms with Crippen LogP contribution in [0.5, 0.6) is 5.75 Å². The van der Waals surface area contributed by atoms with Crippen LogP contribution in [0.15, 0.2) is 64.2 Å². The van der Waals surface area contributed by atoms with Crippen LogP contribution in [0.3, 0.4) is 0 Å². The first-order valence-corrected chi connectivity index (χ1v) is 10.8. The minimum atomic E-state index is -0.373. The number of methoxy groups -OCH3 is 1. The minimum Gasteiger partial charge on any atom is -0.495 e. The molecule has 5 aromatic rings. The molecule has 0 fully saturated rings. The van der Waals surface area contributed by atoms with Gasteiger partial charge < -0.3 is 4.74 Å². The maximum atomic E-state index is 13.6. The van der Waals surface area contributed by atoms with Gasteiger partial charge in [0.2, 0.25) is 5.78 Å². The number of aryl methyl sites for hydroxylation is 3. The van der Waals surface area contributed by atoms with Gasteiger partial charge in [0.1, 0.15) is 5.75 Å². The molecule has 0 unspecified atom stereocenters. The van der Waals surface area contributed by atoms with Gasteiger partial charge in [-0.15, -0.1) is 0 Å². The summed E-state index contributed by atoms with van der Waals surface area (Å²) in [6, 6.07) is 17.5. The highest BCUT2D eigenvalue weighted by atomic mass is 16.5. The van der Waals surface area contributed by atoms with Crippen LogP contribution in [0, 0.1) is 13.8 Å². The fourth-order valence-electron chi connectivity index (χ4n) is 4.44. The molecule has 33 heavy (non-hydrogen) atoms. The van der Waals surface area contributed by atoms with E-state index in [0.29, 0.717) is 35.7 Å². The molecule has 0 spiro atoms. The van der Waals surface area contributed by atoms with Crippen LogP contribution in [0.1, 0.15) is 17.0 Å². The van der Waals surface area contributed by atoms with E-state index in [4.69, 9.17) is 9.72 Å². The summed E-state index contributed by atoms with van der Waals surface area (Å²) in [6.45, 7) is 4.23. The molecule has 0 aliphatic carbocycles. The summed E-state index contributed by atoms with van der Waals surface area (Å²) in [4.78, 5) is 31.4. The van der Waals surface area contributed by atoms with E-state index >= 15 is 0 Å². The molecule has 168 valence electrons. The number of nitrogens with zero attached hydrogens (tertiary/aromatic N) is 5. The van der Waals surface area contributed by atoms with Gasteiger partial charge in [-0.05, 0) is 38.0 Å². The lowest BCUT2D eigenvalue weighted by atomic mass is 10.1. The lowest BCUT2D eigenvalue weighted by molar-refractivity contribution is 0.413. The molecule has 0 bridgehead atoms. The van der Waals surface area contributed by atoms with Crippen molar-refractivity contribution in [2.45, 2.75) is 26.8 Å². The largest absolute Gasteiger partial charge is 0.495 e. The molecular weight excluding hydrogens is 418 g/mol. The highest BCUT2D eigenvalue weighted by Crippen LogP contribution is 2.29. The summed E-state index contributed by atoms with van der Waals surface area (Å²) in [5, 5.41) is 0. The van der Waals surface area contributed by atoms with E-state index in [1.807, 2.05) is 77.4 Å². The zero-order chi connectivity index (χ0) is 23.3. The summed E-state index contributed by atoms with van der Waals surface area (Å²) >= 11 is 0. The maximum absolute atomic E-state index is 13.6. The highest BCUT2D eigenvalue weighted by molar-refractivity contribution is 5.77. The predicted molar refractivity (Wildman–Crippen MR) is 128 cm³/mol. The normalized spacial score (nSPS) is 11.5. The lowest BCUT2D eigenvalue weighted by Crippen LogP contribution is -2.39. The Kier molecular flexibility index (Phi) is 4.92. The second-order valence-corrected chi connectivity index (χ2v) is 8.13. The standard InChI is InChI=1S/C25H25N5O3/c1-16-17(2)30-21-22(26-24(30)29(16)19-12-8-9-13-20(19)33-4)27(3)25(32)28(23(21)31)15-14-18-10-6-5-7-11-18/h5-13H,14-15H2,1-4H3. The first kappa shape index (κ1) is 20.8. The molecule has 8 heteroatoms. The Labute approximate surface area is 189 Å². The van der Waals surface area contributed by atoms with Crippen LogP contribution < -0.4 is 16.0 Å². The van der Waals surface area contributed by atoms with Crippen LogP contribution in [-0.2, 0) is 20.0 Å². The van der Waals surface area contributed by atoms with E-state index in [1.54, 1.807) is 14.2 Å². The third-order valence-corrected chi connectivity index (χ3v) is 6.31. The van der Waals surface area contributed by atoms with Crippen molar-refractivity contribution in [1.29, 1.82) is 0 Å². The van der Waals surface area contributed by atoms with Gasteiger partial charge in [0.05, 0.1) is 12.8 Å². The Balaban J connectivity index is 1.78. The van der Waals surface area contributed by atoms with Gasteiger partial charge in [-0.2, -0.15) is 4.98 Å². The molecule has 0 atom stereocenters. The number of hydrogen-bond acceptors (Lipinski definition) is 4. The molecule has 3 aromatic heterocycles. The summed E-state index contributed by atoms with van der Waals surface area (Å²) in [7, 11) is 3.28. The fraction of sp³-hybridized carbons (Fsp3) is 0.240. The van der Waals surface area contributed by atoms with E-state index in [2.05, 4.69) is 0 Å². The summed E-state index contributed by atoms with van der Waals surface area (Å²) in [5.74, 6) is 1.26. The molecule has 0 N–H and O–H groups in total. The Bertz CT molecular complexity index is 1620. The second kappa shape index (κ2) is 7.81. The quantitative estimate of drug-likeness (QED) is 0.419. The number of benzene rings is 2. The Morgan fingerprint density at radius 3 is 2.36 bits per heavy atom. The van der Waals surface area contributed by atoms with Gasteiger partial charge >= 0.3 is 5.69 Å². The SMILES string of the molecule is COc1ccccc1-n1c(C)c(C)n2c3c(=O)n(CCc4ccccc4)c(=O)n(C)c3nc12. The third kappa shape index (κ3) is 3.09. The Morgan fingerprint density at radius 1 is 0.939 bits per heavy atom. The lowest BCUT2D eigenvalue weighted by Gasteiger charge is -2.11. The molecular formula is C25H25N5O3. The molecule has 8 nitrogen and oxygen atoms in total. The first-order valence-electron chi connectivity index (χ1n) is 10.8. The van der Waals surface area contributed by atoms with Crippen molar-refractivity contribution in [3.05, 3.63) is 92.4 Å². The van der Waals surface area contributed by atoms with Crippen LogP contribution in [0.25, 0.3) is 22.6 Å². The van der Waals surface area contributed by atoms with Gasteiger partial charge in [0.25, 0.3) is 5.56 Å². The van der Waals surface area contributed by atoms with E-state index in [9.17, 15) is 9.59 Å². The Morgan fingerprint density at radius 2 is 1.64 bits per heavy atom. The molecule has 5 rings (SSSR count). The number of fused-ring (bicyclic) bond motifs is 3. The van der Waals surface area contributed by atoms with Crippen molar-refractivity contribution in [2.24, 2.45) is 7.05 Å². The van der Waals surface area contributed by atoms with Crippen LogP contribution in [0.2, 0.25) is 0 Å². The number of aromatic nitrogens is 5. The molecule has 0 aliphatic heterocycles. The molecule has 0 radical (unpaired) electrons. The fourth-order valence-corrected chi connectivity index (χ4v) is 4.44. The van der Waals surface area contributed by atoms with Crippen molar-refractivity contribution < 1.29 is 4.74 Å². The minimum absolute atomic E-state index is 0.296. The van der Waals surface area contributed by atoms with E-state index in [0.717, 1.165) is 22.6 Å². The average molecular weight is 444 g/mol. The zero-order valence-corrected chi connectivity index (χ0v) is 19.1. The topological polar surface area (TPSA) is 75.5 Å². The summed E-state index contributed by atoms with van der Waals surface area (Å²) < 4.78 is 12.1. The number of ether oxygens (including phenoxy) is 1. The molecule has 2 aromatic carbocycles. The maximum Gasteiger partial charge on any atom is 0.332 e. The number of hydrogen-bond donors (Lipinski definition) is 0. The second-order valence-electron chi connectivity index (χ2n) is 8.13. The molecule has 0 amide bonds. The van der Waals surface area contributed by atoms with E-state index in [1.165, 1.54) is 9.13 Å². The number of imidazole rings is 2. The average Bonchev–Trinajstić information content (AvgIpc) is 3.33. The van der Waals surface area contributed by atoms with Crippen LogP contribution in [0.4, 0.5) is 0 Å². The monoisotopic (exact) mass is 443 g/mol.